The highest BCUT2D eigenvalue weighted by molar-refractivity contribution is 7.12. The van der Waals surface area contributed by atoms with Crippen LogP contribution < -0.4 is 5.32 Å². The lowest BCUT2D eigenvalue weighted by molar-refractivity contribution is 0.406. The monoisotopic (exact) mass is 326 g/mol. The van der Waals surface area contributed by atoms with Crippen LogP contribution in [0.4, 0.5) is 5.82 Å². The number of rotatable bonds is 5. The predicted octanol–water partition coefficient (Wildman–Crippen LogP) is 2.58. The van der Waals surface area contributed by atoms with Crippen LogP contribution in [0.3, 0.4) is 0 Å². The molecule has 6 nitrogen and oxygen atoms in total. The summed E-state index contributed by atoms with van der Waals surface area (Å²) >= 11 is 1.77. The first-order valence-electron chi connectivity index (χ1n) is 7.26. The molecule has 0 radical (unpaired) electrons. The molecule has 7 heteroatoms. The van der Waals surface area contributed by atoms with Crippen LogP contribution in [0.15, 0.2) is 24.4 Å². The van der Waals surface area contributed by atoms with Crippen molar-refractivity contribution in [1.82, 2.24) is 19.7 Å². The molecule has 0 aliphatic rings. The molecule has 0 atom stereocenters. The van der Waals surface area contributed by atoms with Gasteiger partial charge in [0, 0.05) is 28.7 Å². The first-order chi connectivity index (χ1) is 11.1. The molecule has 0 saturated carbocycles. The van der Waals surface area contributed by atoms with Gasteiger partial charge in [-0.2, -0.15) is 10.4 Å². The highest BCUT2D eigenvalue weighted by Crippen LogP contribution is 2.22. The van der Waals surface area contributed by atoms with Gasteiger partial charge in [0.05, 0.1) is 18.3 Å². The number of nitrogens with zero attached hydrogens (tertiary/aromatic N) is 5. The molecule has 0 aliphatic heterocycles. The Bertz CT molecular complexity index is 870. The standard InChI is InChI=1S/C16H18N6S/c1-21(2)10-14-5-4-13(23-14)9-18-15-11(7-17)6-12-8-19-22(3)16(12)20-15/h4-6,8H,9-10H2,1-3H3,(H,18,20). The van der Waals surface area contributed by atoms with Gasteiger partial charge >= 0.3 is 0 Å². The number of fused-ring (bicyclic) bond motifs is 1. The van der Waals surface area contributed by atoms with E-state index in [9.17, 15) is 5.26 Å². The first-order valence-corrected chi connectivity index (χ1v) is 8.07. The van der Waals surface area contributed by atoms with Crippen LogP contribution >= 0.6 is 11.3 Å². The number of pyridine rings is 1. The molecule has 0 spiro atoms. The van der Waals surface area contributed by atoms with Gasteiger partial charge in [-0.3, -0.25) is 4.68 Å². The fraction of sp³-hybridized carbons (Fsp3) is 0.312. The van der Waals surface area contributed by atoms with Gasteiger partial charge < -0.3 is 10.2 Å². The zero-order chi connectivity index (χ0) is 16.4. The van der Waals surface area contributed by atoms with Crippen molar-refractivity contribution in [3.8, 4) is 6.07 Å². The van der Waals surface area contributed by atoms with E-state index in [4.69, 9.17) is 0 Å². The number of aryl methyl sites for hydroxylation is 1. The summed E-state index contributed by atoms with van der Waals surface area (Å²) in [5.74, 6) is 0.603. The molecule has 3 heterocycles. The molecular weight excluding hydrogens is 308 g/mol. The summed E-state index contributed by atoms with van der Waals surface area (Å²) in [6.45, 7) is 1.59. The summed E-state index contributed by atoms with van der Waals surface area (Å²) in [5.41, 5.74) is 1.31. The Morgan fingerprint density at radius 2 is 2.13 bits per heavy atom. The maximum atomic E-state index is 9.33. The third-order valence-corrected chi connectivity index (χ3v) is 4.52. The van der Waals surface area contributed by atoms with Crippen molar-refractivity contribution in [2.75, 3.05) is 19.4 Å². The van der Waals surface area contributed by atoms with E-state index in [0.29, 0.717) is 17.9 Å². The molecule has 23 heavy (non-hydrogen) atoms. The lowest BCUT2D eigenvalue weighted by Crippen LogP contribution is -2.09. The molecule has 3 rings (SSSR count). The fourth-order valence-corrected chi connectivity index (χ4v) is 3.46. The molecule has 0 amide bonds. The van der Waals surface area contributed by atoms with E-state index < -0.39 is 0 Å². The maximum absolute atomic E-state index is 9.33. The molecule has 3 aromatic heterocycles. The zero-order valence-corrected chi connectivity index (χ0v) is 14.2. The van der Waals surface area contributed by atoms with Gasteiger partial charge in [0.1, 0.15) is 11.9 Å². The molecule has 0 aliphatic carbocycles. The number of aromatic nitrogens is 3. The predicted molar refractivity (Wildman–Crippen MR) is 92.3 cm³/mol. The zero-order valence-electron chi connectivity index (χ0n) is 13.4. The Kier molecular flexibility index (Phi) is 4.28. The normalized spacial score (nSPS) is 11.1. The van der Waals surface area contributed by atoms with Crippen LogP contribution in [0.1, 0.15) is 15.3 Å². The van der Waals surface area contributed by atoms with Gasteiger partial charge in [-0.05, 0) is 32.3 Å². The van der Waals surface area contributed by atoms with E-state index in [-0.39, 0.29) is 0 Å². The van der Waals surface area contributed by atoms with Crippen LogP contribution in [0.25, 0.3) is 11.0 Å². The second-order valence-electron chi connectivity index (χ2n) is 5.64. The van der Waals surface area contributed by atoms with Crippen molar-refractivity contribution in [1.29, 1.82) is 5.26 Å². The van der Waals surface area contributed by atoms with E-state index in [1.54, 1.807) is 22.2 Å². The van der Waals surface area contributed by atoms with Gasteiger partial charge in [-0.25, -0.2) is 4.98 Å². The number of hydrogen-bond acceptors (Lipinski definition) is 6. The minimum absolute atomic E-state index is 0.538. The van der Waals surface area contributed by atoms with Crippen molar-refractivity contribution in [2.45, 2.75) is 13.1 Å². The van der Waals surface area contributed by atoms with Gasteiger partial charge in [-0.15, -0.1) is 11.3 Å². The molecular formula is C16H18N6S. The number of hydrogen-bond donors (Lipinski definition) is 1. The van der Waals surface area contributed by atoms with E-state index in [0.717, 1.165) is 17.6 Å². The van der Waals surface area contributed by atoms with Crippen LogP contribution in [-0.2, 0) is 20.1 Å². The lowest BCUT2D eigenvalue weighted by atomic mass is 10.2. The third kappa shape index (κ3) is 3.33. The lowest BCUT2D eigenvalue weighted by Gasteiger charge is -2.07. The average molecular weight is 326 g/mol. The summed E-state index contributed by atoms with van der Waals surface area (Å²) in [6, 6.07) is 8.28. The van der Waals surface area contributed by atoms with Gasteiger partial charge in [0.2, 0.25) is 0 Å². The number of thiophene rings is 1. The molecule has 3 aromatic rings. The molecule has 0 aromatic carbocycles. The third-order valence-electron chi connectivity index (χ3n) is 3.45. The smallest absolute Gasteiger partial charge is 0.159 e. The molecule has 118 valence electrons. The topological polar surface area (TPSA) is 69.8 Å². The maximum Gasteiger partial charge on any atom is 0.159 e. The van der Waals surface area contributed by atoms with Gasteiger partial charge in [-0.1, -0.05) is 0 Å². The SMILES string of the molecule is CN(C)Cc1ccc(CNc2nc3c(cnn3C)cc2C#N)s1. The van der Waals surface area contributed by atoms with Crippen molar-refractivity contribution in [3.05, 3.63) is 39.7 Å². The Hall–Kier alpha value is -2.43. The molecule has 0 fully saturated rings. The number of nitriles is 1. The van der Waals surface area contributed by atoms with Crippen LogP contribution in [0.2, 0.25) is 0 Å². The highest BCUT2D eigenvalue weighted by atomic mass is 32.1. The second kappa shape index (κ2) is 6.36. The van der Waals surface area contributed by atoms with Crippen molar-refractivity contribution in [2.24, 2.45) is 7.05 Å². The van der Waals surface area contributed by atoms with Gasteiger partial charge in [0.25, 0.3) is 0 Å². The summed E-state index contributed by atoms with van der Waals surface area (Å²) in [6.07, 6.45) is 1.72. The van der Waals surface area contributed by atoms with E-state index in [1.165, 1.54) is 9.75 Å². The average Bonchev–Trinajstić information content (AvgIpc) is 3.10. The Morgan fingerprint density at radius 1 is 1.35 bits per heavy atom. The summed E-state index contributed by atoms with van der Waals surface area (Å²) in [7, 11) is 5.96. The van der Waals surface area contributed by atoms with Crippen molar-refractivity contribution < 1.29 is 0 Å². The molecule has 0 saturated heterocycles. The molecule has 1 N–H and O–H groups in total. The summed E-state index contributed by atoms with van der Waals surface area (Å²) in [4.78, 5) is 9.23. The Labute approximate surface area is 139 Å². The van der Waals surface area contributed by atoms with Gasteiger partial charge in [0.15, 0.2) is 5.65 Å². The minimum Gasteiger partial charge on any atom is -0.364 e. The second-order valence-corrected chi connectivity index (χ2v) is 6.89. The largest absolute Gasteiger partial charge is 0.364 e. The number of anilines is 1. The Balaban J connectivity index is 1.79. The number of nitrogens with one attached hydrogen (secondary N) is 1. The fourth-order valence-electron chi connectivity index (χ4n) is 2.38. The van der Waals surface area contributed by atoms with E-state index >= 15 is 0 Å². The quantitative estimate of drug-likeness (QED) is 0.780. The van der Waals surface area contributed by atoms with Crippen molar-refractivity contribution in [3.63, 3.8) is 0 Å². The van der Waals surface area contributed by atoms with E-state index in [1.807, 2.05) is 13.1 Å². The molecule has 0 unspecified atom stereocenters. The minimum atomic E-state index is 0.538. The summed E-state index contributed by atoms with van der Waals surface area (Å²) < 4.78 is 1.71. The summed E-state index contributed by atoms with van der Waals surface area (Å²) in [5, 5.41) is 17.7. The molecule has 0 bridgehead atoms. The van der Waals surface area contributed by atoms with Crippen LogP contribution in [0, 0.1) is 11.3 Å². The van der Waals surface area contributed by atoms with E-state index in [2.05, 4.69) is 52.6 Å². The van der Waals surface area contributed by atoms with Crippen LogP contribution in [0.5, 0.6) is 0 Å². The van der Waals surface area contributed by atoms with Crippen molar-refractivity contribution >= 4 is 28.2 Å². The highest BCUT2D eigenvalue weighted by Gasteiger charge is 2.10. The van der Waals surface area contributed by atoms with Crippen LogP contribution in [-0.4, -0.2) is 33.8 Å². The first kappa shape index (κ1) is 15.5. The Morgan fingerprint density at radius 3 is 2.87 bits per heavy atom.